The van der Waals surface area contributed by atoms with Gasteiger partial charge < -0.3 is 10.2 Å². The van der Waals surface area contributed by atoms with Gasteiger partial charge in [0.2, 0.25) is 21.8 Å². The number of anilines is 1. The highest BCUT2D eigenvalue weighted by Gasteiger charge is 2.35. The summed E-state index contributed by atoms with van der Waals surface area (Å²) in [6.07, 6.45) is -2.16. The van der Waals surface area contributed by atoms with Gasteiger partial charge in [0.15, 0.2) is 0 Å². The van der Waals surface area contributed by atoms with E-state index < -0.39 is 46.2 Å². The Morgan fingerprint density at radius 2 is 1.51 bits per heavy atom. The monoisotopic (exact) mass is 589 g/mol. The Morgan fingerprint density at radius 3 is 2.07 bits per heavy atom. The predicted octanol–water partition coefficient (Wildman–Crippen LogP) is 5.03. The zero-order chi connectivity index (χ0) is 30.0. The largest absolute Gasteiger partial charge is 0.416 e. The number of nitrogens with zero attached hydrogens (tertiary/aromatic N) is 2. The van der Waals surface area contributed by atoms with Gasteiger partial charge in [0.1, 0.15) is 12.6 Å². The van der Waals surface area contributed by atoms with Crippen molar-refractivity contribution in [1.29, 1.82) is 0 Å². The molecule has 220 valence electrons. The lowest BCUT2D eigenvalue weighted by Crippen LogP contribution is -2.53. The van der Waals surface area contributed by atoms with E-state index in [4.69, 9.17) is 0 Å². The van der Waals surface area contributed by atoms with Gasteiger partial charge >= 0.3 is 6.18 Å². The molecule has 41 heavy (non-hydrogen) atoms. The van der Waals surface area contributed by atoms with Crippen LogP contribution in [0.5, 0.6) is 0 Å². The predicted molar refractivity (Wildman–Crippen MR) is 152 cm³/mol. The van der Waals surface area contributed by atoms with Crippen LogP contribution in [0.2, 0.25) is 0 Å². The minimum atomic E-state index is -4.71. The summed E-state index contributed by atoms with van der Waals surface area (Å²) in [5.41, 5.74) is 0.133. The minimum absolute atomic E-state index is 0.0153. The topological polar surface area (TPSA) is 86.8 Å². The van der Waals surface area contributed by atoms with Gasteiger partial charge in [-0.3, -0.25) is 13.9 Å². The third-order valence-corrected chi connectivity index (χ3v) is 7.58. The molecule has 7 nitrogen and oxygen atoms in total. The second kappa shape index (κ2) is 14.2. The molecule has 0 radical (unpaired) electrons. The second-order valence-corrected chi connectivity index (χ2v) is 11.6. The maximum atomic E-state index is 13.9. The molecule has 0 saturated carbocycles. The van der Waals surface area contributed by atoms with Crippen molar-refractivity contribution >= 4 is 27.5 Å². The molecule has 0 aliphatic carbocycles. The number of carbonyl (C=O) groups excluding carboxylic acids is 2. The summed E-state index contributed by atoms with van der Waals surface area (Å²) >= 11 is 0. The molecule has 0 spiro atoms. The van der Waals surface area contributed by atoms with E-state index in [0.29, 0.717) is 22.5 Å². The molecule has 3 aromatic carbocycles. The van der Waals surface area contributed by atoms with E-state index in [2.05, 4.69) is 5.32 Å². The van der Waals surface area contributed by atoms with E-state index in [0.717, 1.165) is 36.8 Å². The van der Waals surface area contributed by atoms with Crippen LogP contribution in [0.3, 0.4) is 0 Å². The molecule has 1 N–H and O–H groups in total. The fourth-order valence-electron chi connectivity index (χ4n) is 4.29. The summed E-state index contributed by atoms with van der Waals surface area (Å²) in [6, 6.07) is 20.8. The van der Waals surface area contributed by atoms with Crippen LogP contribution in [0.25, 0.3) is 0 Å². The minimum Gasteiger partial charge on any atom is -0.354 e. The number of sulfonamides is 1. The third-order valence-electron chi connectivity index (χ3n) is 6.44. The fourth-order valence-corrected chi connectivity index (χ4v) is 5.13. The smallest absolute Gasteiger partial charge is 0.354 e. The van der Waals surface area contributed by atoms with Gasteiger partial charge in [-0.15, -0.1) is 0 Å². The lowest BCUT2D eigenvalue weighted by molar-refractivity contribution is -0.140. The van der Waals surface area contributed by atoms with Crippen molar-refractivity contribution in [3.8, 4) is 0 Å². The Labute approximate surface area is 239 Å². The first kappa shape index (κ1) is 31.7. The molecule has 0 aliphatic rings. The van der Waals surface area contributed by atoms with Crippen LogP contribution < -0.4 is 9.62 Å². The van der Waals surface area contributed by atoms with Crippen molar-refractivity contribution < 1.29 is 31.2 Å². The van der Waals surface area contributed by atoms with Crippen molar-refractivity contribution in [2.75, 3.05) is 23.7 Å². The van der Waals surface area contributed by atoms with Crippen LogP contribution in [-0.4, -0.2) is 50.5 Å². The van der Waals surface area contributed by atoms with Gasteiger partial charge in [0.25, 0.3) is 0 Å². The van der Waals surface area contributed by atoms with Gasteiger partial charge in [-0.05, 0) is 35.7 Å². The highest BCUT2D eigenvalue weighted by atomic mass is 32.2. The molecule has 1 atom stereocenters. The molecule has 3 rings (SSSR count). The van der Waals surface area contributed by atoms with E-state index >= 15 is 0 Å². The Kier molecular flexibility index (Phi) is 10.9. The number of hydrogen-bond donors (Lipinski definition) is 1. The van der Waals surface area contributed by atoms with E-state index in [1.54, 1.807) is 30.3 Å². The number of carbonyl (C=O) groups is 2. The Bertz CT molecular complexity index is 1400. The average Bonchev–Trinajstić information content (AvgIpc) is 2.93. The van der Waals surface area contributed by atoms with E-state index in [1.165, 1.54) is 11.0 Å². The quantitative estimate of drug-likeness (QED) is 0.284. The molecule has 0 heterocycles. The molecule has 0 aliphatic heterocycles. The normalized spacial score (nSPS) is 12.4. The van der Waals surface area contributed by atoms with Crippen molar-refractivity contribution in [2.24, 2.45) is 0 Å². The molecule has 0 unspecified atom stereocenters. The molecule has 0 aromatic heterocycles. The van der Waals surface area contributed by atoms with Crippen LogP contribution in [0.1, 0.15) is 36.5 Å². The van der Waals surface area contributed by atoms with E-state index in [9.17, 15) is 31.2 Å². The average molecular weight is 590 g/mol. The molecule has 0 bridgehead atoms. The van der Waals surface area contributed by atoms with Crippen LogP contribution in [0.15, 0.2) is 84.9 Å². The highest BCUT2D eigenvalue weighted by molar-refractivity contribution is 7.92. The van der Waals surface area contributed by atoms with Crippen molar-refractivity contribution in [2.45, 2.75) is 44.9 Å². The summed E-state index contributed by atoms with van der Waals surface area (Å²) in [7, 11) is -4.19. The number of benzene rings is 3. The molecule has 0 fully saturated rings. The number of amides is 2. The maximum Gasteiger partial charge on any atom is 0.416 e. The van der Waals surface area contributed by atoms with Crippen LogP contribution >= 0.6 is 0 Å². The summed E-state index contributed by atoms with van der Waals surface area (Å²) in [5, 5.41) is 2.87. The summed E-state index contributed by atoms with van der Waals surface area (Å²) < 4.78 is 66.4. The summed E-state index contributed by atoms with van der Waals surface area (Å²) in [4.78, 5) is 28.7. The van der Waals surface area contributed by atoms with Gasteiger partial charge in [-0.1, -0.05) is 80.1 Å². The first-order chi connectivity index (χ1) is 19.4. The molecule has 2 amide bonds. The van der Waals surface area contributed by atoms with Gasteiger partial charge in [-0.2, -0.15) is 13.2 Å². The number of alkyl halides is 3. The lowest BCUT2D eigenvalue weighted by Gasteiger charge is -2.33. The van der Waals surface area contributed by atoms with Crippen LogP contribution in [0, 0.1) is 0 Å². The lowest BCUT2D eigenvalue weighted by atomic mass is 10.0. The summed E-state index contributed by atoms with van der Waals surface area (Å²) in [6.45, 7) is 1.57. The number of unbranched alkanes of at least 4 members (excludes halogenated alkanes) is 1. The van der Waals surface area contributed by atoms with Crippen LogP contribution in [0.4, 0.5) is 18.9 Å². The first-order valence-corrected chi connectivity index (χ1v) is 15.0. The van der Waals surface area contributed by atoms with E-state index in [1.807, 2.05) is 37.3 Å². The standard InChI is InChI=1S/C30H34F3N3O4S/c1-3-4-18-34-29(38)27(19-23-12-7-5-8-13-23)35(21-24-14-9-6-10-15-24)28(37)22-36(41(2,39)40)26-17-11-16-25(20-26)30(31,32)33/h5-17,20,27H,3-4,18-19,21-22H2,1-2H3,(H,34,38)/t27-/m0/s1. The highest BCUT2D eigenvalue weighted by Crippen LogP contribution is 2.32. The zero-order valence-electron chi connectivity index (χ0n) is 23.0. The first-order valence-electron chi connectivity index (χ1n) is 13.2. The molecular weight excluding hydrogens is 555 g/mol. The molecule has 11 heteroatoms. The van der Waals surface area contributed by atoms with E-state index in [-0.39, 0.29) is 18.7 Å². The van der Waals surface area contributed by atoms with Crippen molar-refractivity contribution in [3.05, 3.63) is 102 Å². The summed E-state index contributed by atoms with van der Waals surface area (Å²) in [5.74, 6) is -1.14. The number of halogens is 3. The van der Waals surface area contributed by atoms with Crippen molar-refractivity contribution in [3.63, 3.8) is 0 Å². The number of nitrogens with one attached hydrogen (secondary N) is 1. The number of hydrogen-bond acceptors (Lipinski definition) is 4. The van der Waals surface area contributed by atoms with Gasteiger partial charge in [0.05, 0.1) is 17.5 Å². The molecule has 0 saturated heterocycles. The zero-order valence-corrected chi connectivity index (χ0v) is 23.8. The van der Waals surface area contributed by atoms with Gasteiger partial charge in [-0.25, -0.2) is 8.42 Å². The van der Waals surface area contributed by atoms with Crippen molar-refractivity contribution in [1.82, 2.24) is 10.2 Å². The Hall–Kier alpha value is -3.86. The van der Waals surface area contributed by atoms with Crippen LogP contribution in [-0.2, 0) is 38.8 Å². The molecular formula is C30H34F3N3O4S. The fraction of sp³-hybridized carbons (Fsp3) is 0.333. The molecule has 3 aromatic rings. The third kappa shape index (κ3) is 9.34. The maximum absolute atomic E-state index is 13.9. The SMILES string of the molecule is CCCCNC(=O)[C@H](Cc1ccccc1)N(Cc1ccccc1)C(=O)CN(c1cccc(C(F)(F)F)c1)S(C)(=O)=O. The Balaban J connectivity index is 2.04. The Morgan fingerprint density at radius 1 is 0.902 bits per heavy atom. The van der Waals surface area contributed by atoms with Gasteiger partial charge in [0, 0.05) is 19.5 Å². The number of rotatable bonds is 13. The second-order valence-electron chi connectivity index (χ2n) is 9.68.